The highest BCUT2D eigenvalue weighted by Gasteiger charge is 2.14. The van der Waals surface area contributed by atoms with Crippen LogP contribution in [0.3, 0.4) is 0 Å². The van der Waals surface area contributed by atoms with E-state index in [2.05, 4.69) is 53.3 Å². The van der Waals surface area contributed by atoms with Crippen LogP contribution < -0.4 is 0 Å². The van der Waals surface area contributed by atoms with Crippen LogP contribution in [0.15, 0.2) is 71.6 Å². The molecule has 0 radical (unpaired) electrons. The van der Waals surface area contributed by atoms with Crippen molar-refractivity contribution >= 4 is 41.2 Å². The number of fused-ring (bicyclic) bond motifs is 3. The Morgan fingerprint density at radius 3 is 2.26 bits per heavy atom. The van der Waals surface area contributed by atoms with E-state index in [4.69, 9.17) is 9.79 Å². The maximum absolute atomic E-state index is 11.2. The lowest BCUT2D eigenvalue weighted by atomic mass is 10.1. The van der Waals surface area contributed by atoms with Gasteiger partial charge in [0.15, 0.2) is 0 Å². The average molecular weight is 397 g/mol. The molecule has 0 aliphatic heterocycles. The molecule has 0 amide bonds. The van der Waals surface area contributed by atoms with E-state index in [-0.39, 0.29) is 6.16 Å². The second-order valence-electron chi connectivity index (χ2n) is 6.63. The lowest BCUT2D eigenvalue weighted by molar-refractivity contribution is 0.371. The van der Waals surface area contributed by atoms with Crippen LogP contribution >= 0.6 is 19.4 Å². The minimum atomic E-state index is -4.04. The van der Waals surface area contributed by atoms with Crippen molar-refractivity contribution < 1.29 is 14.4 Å². The summed E-state index contributed by atoms with van der Waals surface area (Å²) >= 11 is 1.74. The molecule has 0 saturated carbocycles. The van der Waals surface area contributed by atoms with Crippen LogP contribution in [0.25, 0.3) is 21.8 Å². The smallest absolute Gasteiger partial charge is 0.329 e. The van der Waals surface area contributed by atoms with Crippen LogP contribution in [-0.4, -0.2) is 20.6 Å². The molecule has 2 N–H and O–H groups in total. The summed E-state index contributed by atoms with van der Waals surface area (Å²) < 4.78 is 13.5. The molecule has 4 aromatic rings. The standard InChI is InChI=1S/C21H20NO3PS/c1-27-17-10-11-21-19(12-17)18-4-2-3-5-20(18)22(21)13-15-6-8-16(9-7-15)14-26(23,24)25/h2-12H,13-14H2,1H3,(H2,23,24,25). The zero-order valence-electron chi connectivity index (χ0n) is 14.9. The second kappa shape index (κ2) is 7.17. The fraction of sp³-hybridized carbons (Fsp3) is 0.143. The summed E-state index contributed by atoms with van der Waals surface area (Å²) in [4.78, 5) is 19.5. The van der Waals surface area contributed by atoms with Gasteiger partial charge in [-0.3, -0.25) is 4.57 Å². The molecule has 4 rings (SSSR count). The topological polar surface area (TPSA) is 62.5 Å². The molecule has 3 aromatic carbocycles. The van der Waals surface area contributed by atoms with Gasteiger partial charge in [-0.1, -0.05) is 42.5 Å². The number of nitrogens with zero attached hydrogens (tertiary/aromatic N) is 1. The van der Waals surface area contributed by atoms with Crippen molar-refractivity contribution in [2.24, 2.45) is 0 Å². The summed E-state index contributed by atoms with van der Waals surface area (Å²) in [6.45, 7) is 0.707. The maximum atomic E-state index is 11.2. The third kappa shape index (κ3) is 3.83. The molecule has 1 heterocycles. The molecule has 6 heteroatoms. The first-order valence-corrected chi connectivity index (χ1v) is 11.6. The molecule has 0 spiro atoms. The first kappa shape index (κ1) is 18.3. The largest absolute Gasteiger partial charge is 0.336 e. The fourth-order valence-corrected chi connectivity index (χ4v) is 4.63. The summed E-state index contributed by atoms with van der Waals surface area (Å²) in [5, 5.41) is 2.48. The molecular weight excluding hydrogens is 377 g/mol. The van der Waals surface area contributed by atoms with Gasteiger partial charge >= 0.3 is 7.60 Å². The van der Waals surface area contributed by atoms with Gasteiger partial charge in [-0.25, -0.2) is 0 Å². The zero-order valence-corrected chi connectivity index (χ0v) is 16.6. The van der Waals surface area contributed by atoms with Crippen molar-refractivity contribution in [2.75, 3.05) is 6.26 Å². The Morgan fingerprint density at radius 1 is 0.889 bits per heavy atom. The van der Waals surface area contributed by atoms with E-state index in [1.54, 1.807) is 23.9 Å². The Labute approximate surface area is 162 Å². The van der Waals surface area contributed by atoms with Crippen molar-refractivity contribution in [1.29, 1.82) is 0 Å². The quantitative estimate of drug-likeness (QED) is 0.357. The van der Waals surface area contributed by atoms with Gasteiger partial charge in [-0.2, -0.15) is 0 Å². The van der Waals surface area contributed by atoms with Crippen LogP contribution in [-0.2, 0) is 17.3 Å². The molecule has 0 atom stereocenters. The van der Waals surface area contributed by atoms with E-state index in [9.17, 15) is 4.57 Å². The minimum absolute atomic E-state index is 0.222. The molecule has 0 aliphatic carbocycles. The molecule has 138 valence electrons. The maximum Gasteiger partial charge on any atom is 0.329 e. The lowest BCUT2D eigenvalue weighted by Gasteiger charge is -2.09. The summed E-state index contributed by atoms with van der Waals surface area (Å²) in [7, 11) is -4.04. The van der Waals surface area contributed by atoms with E-state index in [0.717, 1.165) is 5.56 Å². The van der Waals surface area contributed by atoms with E-state index in [0.29, 0.717) is 12.1 Å². The van der Waals surface area contributed by atoms with Gasteiger partial charge in [0, 0.05) is 33.2 Å². The molecule has 27 heavy (non-hydrogen) atoms. The van der Waals surface area contributed by atoms with Gasteiger partial charge in [-0.15, -0.1) is 11.8 Å². The van der Waals surface area contributed by atoms with Crippen molar-refractivity contribution in [3.8, 4) is 0 Å². The molecule has 4 nitrogen and oxygen atoms in total. The summed E-state index contributed by atoms with van der Waals surface area (Å²) in [5.41, 5.74) is 4.12. The van der Waals surface area contributed by atoms with E-state index < -0.39 is 7.60 Å². The molecule has 0 unspecified atom stereocenters. The molecular formula is C21H20NO3PS. The number of hydrogen-bond donors (Lipinski definition) is 2. The van der Waals surface area contributed by atoms with Crippen molar-refractivity contribution in [2.45, 2.75) is 17.6 Å². The average Bonchev–Trinajstić information content (AvgIpc) is 2.95. The Bertz CT molecular complexity index is 1160. The highest BCUT2D eigenvalue weighted by molar-refractivity contribution is 7.98. The number of thioether (sulfide) groups is 1. The van der Waals surface area contributed by atoms with Crippen LogP contribution in [0.2, 0.25) is 0 Å². The molecule has 0 fully saturated rings. The third-order valence-corrected chi connectivity index (χ3v) is 6.23. The summed E-state index contributed by atoms with van der Waals surface area (Å²) in [6, 6.07) is 22.4. The number of para-hydroxylation sites is 1. The van der Waals surface area contributed by atoms with Crippen LogP contribution in [0.5, 0.6) is 0 Å². The molecule has 0 bridgehead atoms. The Balaban J connectivity index is 1.76. The zero-order chi connectivity index (χ0) is 19.0. The number of hydrogen-bond acceptors (Lipinski definition) is 2. The second-order valence-corrected chi connectivity index (χ2v) is 9.15. The molecule has 0 saturated heterocycles. The first-order valence-electron chi connectivity index (χ1n) is 8.62. The van der Waals surface area contributed by atoms with Gasteiger partial charge in [0.1, 0.15) is 0 Å². The lowest BCUT2D eigenvalue weighted by Crippen LogP contribution is -1.99. The number of rotatable bonds is 5. The van der Waals surface area contributed by atoms with Gasteiger partial charge in [-0.05, 0) is 41.6 Å². The number of aromatic nitrogens is 1. The van der Waals surface area contributed by atoms with Gasteiger partial charge in [0.25, 0.3) is 0 Å². The van der Waals surface area contributed by atoms with E-state index >= 15 is 0 Å². The van der Waals surface area contributed by atoms with Crippen LogP contribution in [0, 0.1) is 0 Å². The Hall–Kier alpha value is -2.04. The minimum Gasteiger partial charge on any atom is -0.336 e. The van der Waals surface area contributed by atoms with E-state index in [1.165, 1.54) is 26.7 Å². The van der Waals surface area contributed by atoms with E-state index in [1.807, 2.05) is 12.1 Å². The van der Waals surface area contributed by atoms with Gasteiger partial charge in [0.05, 0.1) is 6.16 Å². The van der Waals surface area contributed by atoms with Crippen LogP contribution in [0.1, 0.15) is 11.1 Å². The van der Waals surface area contributed by atoms with Gasteiger partial charge in [0.2, 0.25) is 0 Å². The normalized spacial score (nSPS) is 12.1. The van der Waals surface area contributed by atoms with Gasteiger partial charge < -0.3 is 14.4 Å². The third-order valence-electron chi connectivity index (χ3n) is 4.73. The predicted octanol–water partition coefficient (Wildman–Crippen LogP) is 5.24. The molecule has 0 aliphatic rings. The monoisotopic (exact) mass is 397 g/mol. The van der Waals surface area contributed by atoms with Crippen molar-refractivity contribution in [3.05, 3.63) is 77.9 Å². The Kier molecular flexibility index (Phi) is 4.87. The first-order chi connectivity index (χ1) is 12.9. The molecule has 1 aromatic heterocycles. The SMILES string of the molecule is CSc1ccc2c(c1)c1ccccc1n2Cc1ccc(CP(=O)(O)O)cc1. The summed E-state index contributed by atoms with van der Waals surface area (Å²) in [5.74, 6) is 0. The fourth-order valence-electron chi connectivity index (χ4n) is 3.50. The highest BCUT2D eigenvalue weighted by atomic mass is 32.2. The van der Waals surface area contributed by atoms with Crippen LogP contribution in [0.4, 0.5) is 0 Å². The van der Waals surface area contributed by atoms with Crippen molar-refractivity contribution in [1.82, 2.24) is 4.57 Å². The summed E-state index contributed by atoms with van der Waals surface area (Å²) in [6.07, 6.45) is 1.86. The predicted molar refractivity (Wildman–Crippen MR) is 113 cm³/mol. The number of benzene rings is 3. The highest BCUT2D eigenvalue weighted by Crippen LogP contribution is 2.39. The Morgan fingerprint density at radius 2 is 1.56 bits per heavy atom. The van der Waals surface area contributed by atoms with Crippen molar-refractivity contribution in [3.63, 3.8) is 0 Å².